The van der Waals surface area contributed by atoms with Gasteiger partial charge in [0.25, 0.3) is 0 Å². The van der Waals surface area contributed by atoms with Crippen LogP contribution in [0.15, 0.2) is 0 Å². The Kier molecular flexibility index (Phi) is 3.39. The first-order chi connectivity index (χ1) is 6.19. The molecule has 0 saturated carbocycles. The molecular formula is C8H16N4O. The minimum Gasteiger partial charge on any atom is -0.384 e. The van der Waals surface area contributed by atoms with E-state index in [1.807, 2.05) is 0 Å². The summed E-state index contributed by atoms with van der Waals surface area (Å²) in [6.45, 7) is 2.24. The molecule has 1 unspecified atom stereocenters. The molecule has 1 rings (SSSR count). The van der Waals surface area contributed by atoms with Gasteiger partial charge in [0.1, 0.15) is 6.10 Å². The van der Waals surface area contributed by atoms with Crippen LogP contribution in [0.3, 0.4) is 0 Å². The van der Waals surface area contributed by atoms with Gasteiger partial charge in [-0.25, -0.2) is 4.98 Å². The maximum atomic E-state index is 9.44. The van der Waals surface area contributed by atoms with Crippen molar-refractivity contribution in [3.05, 3.63) is 11.6 Å². The Bertz CT molecular complexity index is 271. The van der Waals surface area contributed by atoms with Gasteiger partial charge in [0.2, 0.25) is 0 Å². The summed E-state index contributed by atoms with van der Waals surface area (Å²) in [5, 5.41) is 13.6. The van der Waals surface area contributed by atoms with Crippen LogP contribution in [0.4, 0.5) is 0 Å². The lowest BCUT2D eigenvalue weighted by Gasteiger charge is -2.04. The molecule has 0 saturated heterocycles. The lowest BCUT2D eigenvalue weighted by molar-refractivity contribution is 0.171. The Morgan fingerprint density at radius 3 is 2.85 bits per heavy atom. The molecule has 0 spiro atoms. The standard InChI is InChI=1S/C8H16N4O/c1-3-4-7-10-8(6(13)5-9)12(2)11-7/h6,13H,3-5,9H2,1-2H3. The first-order valence-electron chi connectivity index (χ1n) is 4.47. The molecule has 0 aliphatic carbocycles. The average Bonchev–Trinajstić information content (AvgIpc) is 2.46. The summed E-state index contributed by atoms with van der Waals surface area (Å²) in [7, 11) is 1.76. The predicted molar refractivity (Wildman–Crippen MR) is 49.0 cm³/mol. The number of rotatable bonds is 4. The zero-order chi connectivity index (χ0) is 9.84. The maximum absolute atomic E-state index is 9.44. The van der Waals surface area contributed by atoms with E-state index in [1.54, 1.807) is 11.7 Å². The molecule has 0 bridgehead atoms. The molecule has 0 aliphatic rings. The Labute approximate surface area is 77.6 Å². The van der Waals surface area contributed by atoms with Gasteiger partial charge in [-0.15, -0.1) is 0 Å². The molecule has 0 amide bonds. The van der Waals surface area contributed by atoms with Gasteiger partial charge in [0, 0.05) is 20.0 Å². The molecule has 0 aliphatic heterocycles. The van der Waals surface area contributed by atoms with Crippen molar-refractivity contribution in [2.45, 2.75) is 25.9 Å². The van der Waals surface area contributed by atoms with Crippen LogP contribution in [0.2, 0.25) is 0 Å². The molecule has 0 fully saturated rings. The molecular weight excluding hydrogens is 168 g/mol. The zero-order valence-corrected chi connectivity index (χ0v) is 8.06. The van der Waals surface area contributed by atoms with Crippen LogP contribution < -0.4 is 5.73 Å². The van der Waals surface area contributed by atoms with Crippen LogP contribution in [0.5, 0.6) is 0 Å². The SMILES string of the molecule is CCCc1nc(C(O)CN)n(C)n1. The molecule has 74 valence electrons. The van der Waals surface area contributed by atoms with Crippen LogP contribution in [-0.4, -0.2) is 26.4 Å². The van der Waals surface area contributed by atoms with Crippen LogP contribution >= 0.6 is 0 Å². The molecule has 3 N–H and O–H groups in total. The average molecular weight is 184 g/mol. The van der Waals surface area contributed by atoms with Crippen LogP contribution in [0.25, 0.3) is 0 Å². The van der Waals surface area contributed by atoms with Gasteiger partial charge >= 0.3 is 0 Å². The molecule has 0 radical (unpaired) electrons. The second-order valence-corrected chi connectivity index (χ2v) is 3.01. The number of aliphatic hydroxyl groups excluding tert-OH is 1. The van der Waals surface area contributed by atoms with Gasteiger partial charge in [-0.1, -0.05) is 6.92 Å². The summed E-state index contributed by atoms with van der Waals surface area (Å²) in [4.78, 5) is 4.19. The third-order valence-corrected chi connectivity index (χ3v) is 1.84. The second kappa shape index (κ2) is 4.34. The van der Waals surface area contributed by atoms with Gasteiger partial charge in [-0.3, -0.25) is 4.68 Å². The van der Waals surface area contributed by atoms with E-state index in [4.69, 9.17) is 5.73 Å². The molecule has 1 aromatic rings. The van der Waals surface area contributed by atoms with Crippen molar-refractivity contribution in [3.63, 3.8) is 0 Å². The van der Waals surface area contributed by atoms with Crippen molar-refractivity contribution in [1.29, 1.82) is 0 Å². The number of nitrogens with two attached hydrogens (primary N) is 1. The van der Waals surface area contributed by atoms with Crippen molar-refractivity contribution in [1.82, 2.24) is 14.8 Å². The number of aryl methyl sites for hydroxylation is 2. The Morgan fingerprint density at radius 1 is 1.62 bits per heavy atom. The van der Waals surface area contributed by atoms with Gasteiger partial charge in [0.05, 0.1) is 0 Å². The quantitative estimate of drug-likeness (QED) is 0.677. The van der Waals surface area contributed by atoms with Gasteiger partial charge in [-0.2, -0.15) is 5.10 Å². The fraction of sp³-hybridized carbons (Fsp3) is 0.750. The number of hydrogen-bond donors (Lipinski definition) is 2. The van der Waals surface area contributed by atoms with Crippen molar-refractivity contribution < 1.29 is 5.11 Å². The lowest BCUT2D eigenvalue weighted by atomic mass is 10.3. The first-order valence-corrected chi connectivity index (χ1v) is 4.47. The topological polar surface area (TPSA) is 77.0 Å². The number of aliphatic hydroxyl groups is 1. The smallest absolute Gasteiger partial charge is 0.157 e. The molecule has 0 aromatic carbocycles. The number of aromatic nitrogens is 3. The lowest BCUT2D eigenvalue weighted by Crippen LogP contribution is -2.16. The van der Waals surface area contributed by atoms with E-state index in [9.17, 15) is 5.11 Å². The molecule has 1 heterocycles. The van der Waals surface area contributed by atoms with E-state index < -0.39 is 6.10 Å². The normalized spacial score (nSPS) is 13.2. The molecule has 13 heavy (non-hydrogen) atoms. The first kappa shape index (κ1) is 10.1. The highest BCUT2D eigenvalue weighted by Gasteiger charge is 2.13. The third-order valence-electron chi connectivity index (χ3n) is 1.84. The highest BCUT2D eigenvalue weighted by Crippen LogP contribution is 2.08. The summed E-state index contributed by atoms with van der Waals surface area (Å²) < 4.78 is 1.59. The highest BCUT2D eigenvalue weighted by atomic mass is 16.3. The monoisotopic (exact) mass is 184 g/mol. The van der Waals surface area contributed by atoms with E-state index in [0.717, 1.165) is 18.7 Å². The van der Waals surface area contributed by atoms with Gasteiger partial charge in [-0.05, 0) is 6.42 Å². The van der Waals surface area contributed by atoms with Crippen molar-refractivity contribution in [2.24, 2.45) is 12.8 Å². The molecule has 5 nitrogen and oxygen atoms in total. The van der Waals surface area contributed by atoms with E-state index in [0.29, 0.717) is 5.82 Å². The molecule has 1 aromatic heterocycles. The molecule has 1 atom stereocenters. The van der Waals surface area contributed by atoms with Crippen LogP contribution in [0, 0.1) is 0 Å². The van der Waals surface area contributed by atoms with Crippen molar-refractivity contribution in [2.75, 3.05) is 6.54 Å². The van der Waals surface area contributed by atoms with E-state index in [-0.39, 0.29) is 6.54 Å². The van der Waals surface area contributed by atoms with E-state index >= 15 is 0 Å². The second-order valence-electron chi connectivity index (χ2n) is 3.01. The van der Waals surface area contributed by atoms with Crippen LogP contribution in [-0.2, 0) is 13.5 Å². The Hall–Kier alpha value is -0.940. The zero-order valence-electron chi connectivity index (χ0n) is 8.06. The maximum Gasteiger partial charge on any atom is 0.157 e. The summed E-state index contributed by atoms with van der Waals surface area (Å²) in [6.07, 6.45) is 1.14. The Morgan fingerprint density at radius 2 is 2.31 bits per heavy atom. The van der Waals surface area contributed by atoms with Crippen molar-refractivity contribution >= 4 is 0 Å². The largest absolute Gasteiger partial charge is 0.384 e. The van der Waals surface area contributed by atoms with Crippen LogP contribution in [0.1, 0.15) is 31.1 Å². The predicted octanol–water partition coefficient (Wildman–Crippen LogP) is -0.240. The molecule has 5 heteroatoms. The fourth-order valence-electron chi connectivity index (χ4n) is 1.18. The summed E-state index contributed by atoms with van der Waals surface area (Å²) in [6, 6.07) is 0. The van der Waals surface area contributed by atoms with E-state index in [1.165, 1.54) is 0 Å². The Balaban J connectivity index is 2.82. The minimum atomic E-state index is -0.705. The highest BCUT2D eigenvalue weighted by molar-refractivity contribution is 4.96. The summed E-state index contributed by atoms with van der Waals surface area (Å²) >= 11 is 0. The van der Waals surface area contributed by atoms with Gasteiger partial charge in [0.15, 0.2) is 11.6 Å². The number of nitrogens with zero attached hydrogens (tertiary/aromatic N) is 3. The summed E-state index contributed by atoms with van der Waals surface area (Å²) in [5.74, 6) is 1.32. The van der Waals surface area contributed by atoms with E-state index in [2.05, 4.69) is 17.0 Å². The summed E-state index contributed by atoms with van der Waals surface area (Å²) in [5.41, 5.74) is 5.33. The number of hydrogen-bond acceptors (Lipinski definition) is 4. The minimum absolute atomic E-state index is 0.179. The van der Waals surface area contributed by atoms with Crippen molar-refractivity contribution in [3.8, 4) is 0 Å². The fourth-order valence-corrected chi connectivity index (χ4v) is 1.18. The van der Waals surface area contributed by atoms with Gasteiger partial charge < -0.3 is 10.8 Å². The third kappa shape index (κ3) is 2.26.